The van der Waals surface area contributed by atoms with Crippen LogP contribution in [0.2, 0.25) is 0 Å². The Bertz CT molecular complexity index is 417. The molecule has 0 aromatic heterocycles. The van der Waals surface area contributed by atoms with Gasteiger partial charge >= 0.3 is 29.6 Å². The average molecular weight is 223 g/mol. The molecule has 0 unspecified atom stereocenters. The van der Waals surface area contributed by atoms with Crippen molar-refractivity contribution in [2.45, 2.75) is 13.8 Å². The molecule has 0 radical (unpaired) electrons. The van der Waals surface area contributed by atoms with Gasteiger partial charge in [0, 0.05) is 0 Å². The van der Waals surface area contributed by atoms with Crippen molar-refractivity contribution >= 4 is 16.0 Å². The second kappa shape index (κ2) is 5.14. The normalized spacial score (nSPS) is 10.5. The summed E-state index contributed by atoms with van der Waals surface area (Å²) in [5.41, 5.74) is 2.09. The summed E-state index contributed by atoms with van der Waals surface area (Å²) in [6, 6.07) is 5.11. The number of hydrogen-bond acceptors (Lipinski definition) is 3. The maximum Gasteiger partial charge on any atom is 1.00 e. The van der Waals surface area contributed by atoms with Gasteiger partial charge in [0.05, 0.1) is 5.69 Å². The fraction of sp³-hybridized carbons (Fsp3) is 0.250. The van der Waals surface area contributed by atoms with Gasteiger partial charge in [-0.1, -0.05) is 17.7 Å². The molecule has 0 spiro atoms. The molecule has 0 aliphatic rings. The predicted octanol–water partition coefficient (Wildman–Crippen LogP) is -1.82. The number of anilines is 1. The van der Waals surface area contributed by atoms with E-state index in [9.17, 15) is 13.0 Å². The molecule has 72 valence electrons. The van der Waals surface area contributed by atoms with Gasteiger partial charge in [-0.15, -0.1) is 0 Å². The number of nitrogens with one attached hydrogen (secondary N) is 1. The third-order valence-electron chi connectivity index (χ3n) is 1.62. The Kier molecular flexibility index (Phi) is 5.11. The second-order valence-corrected chi connectivity index (χ2v) is 3.99. The van der Waals surface area contributed by atoms with Crippen LogP contribution in [0.5, 0.6) is 0 Å². The van der Waals surface area contributed by atoms with Crippen LogP contribution in [0.3, 0.4) is 0 Å². The molecule has 0 atom stereocenters. The van der Waals surface area contributed by atoms with E-state index in [1.54, 1.807) is 25.1 Å². The van der Waals surface area contributed by atoms with E-state index in [2.05, 4.69) is 0 Å². The van der Waals surface area contributed by atoms with Crippen molar-refractivity contribution in [1.29, 1.82) is 0 Å². The summed E-state index contributed by atoms with van der Waals surface area (Å²) in [6.07, 6.45) is 0. The van der Waals surface area contributed by atoms with Crippen LogP contribution in [-0.2, 0) is 10.3 Å². The van der Waals surface area contributed by atoms with E-state index in [-0.39, 0.29) is 29.6 Å². The maximum atomic E-state index is 10.4. The van der Waals surface area contributed by atoms with Crippen molar-refractivity contribution < 1.29 is 42.5 Å². The van der Waals surface area contributed by atoms with E-state index in [0.717, 1.165) is 11.1 Å². The van der Waals surface area contributed by atoms with Gasteiger partial charge in [-0.05, 0) is 25.5 Å². The Balaban J connectivity index is 0.00000169. The number of aryl methyl sites for hydroxylation is 2. The topological polar surface area (TPSA) is 69.2 Å². The SMILES string of the molecule is Cc1ccc(NS(=O)(=O)[O-])c(C)c1.[Na+]. The zero-order valence-electron chi connectivity index (χ0n) is 8.37. The van der Waals surface area contributed by atoms with Crippen LogP contribution in [0.25, 0.3) is 0 Å². The van der Waals surface area contributed by atoms with Gasteiger partial charge in [0.25, 0.3) is 0 Å². The molecule has 1 aromatic carbocycles. The van der Waals surface area contributed by atoms with Crippen molar-refractivity contribution in [3.8, 4) is 0 Å². The standard InChI is InChI=1S/C8H11NO3S.Na/c1-6-3-4-8(7(2)5-6)9-13(10,11)12;/h3-5,9H,1-2H3,(H,10,11,12);/q;+1/p-1. The van der Waals surface area contributed by atoms with Crippen LogP contribution in [0.4, 0.5) is 5.69 Å². The van der Waals surface area contributed by atoms with E-state index >= 15 is 0 Å². The molecular formula is C8H10NNaO3S. The summed E-state index contributed by atoms with van der Waals surface area (Å²) in [6.45, 7) is 3.63. The Morgan fingerprint density at radius 1 is 1.29 bits per heavy atom. The summed E-state index contributed by atoms with van der Waals surface area (Å²) in [7, 11) is -4.41. The minimum atomic E-state index is -4.41. The fourth-order valence-electron chi connectivity index (χ4n) is 1.06. The monoisotopic (exact) mass is 223 g/mol. The Morgan fingerprint density at radius 2 is 1.86 bits per heavy atom. The molecule has 0 fully saturated rings. The fourth-order valence-corrected chi connectivity index (χ4v) is 1.56. The van der Waals surface area contributed by atoms with Gasteiger partial charge in [0.15, 0.2) is 10.3 Å². The van der Waals surface area contributed by atoms with Gasteiger partial charge in [0.1, 0.15) is 0 Å². The number of benzene rings is 1. The summed E-state index contributed by atoms with van der Waals surface area (Å²) >= 11 is 0. The predicted molar refractivity (Wildman–Crippen MR) is 49.2 cm³/mol. The number of rotatable bonds is 2. The zero-order chi connectivity index (χ0) is 10.1. The molecule has 0 aliphatic carbocycles. The third kappa shape index (κ3) is 4.43. The molecule has 0 bridgehead atoms. The molecule has 0 saturated carbocycles. The Labute approximate surface area is 106 Å². The Hall–Kier alpha value is -0.0700. The van der Waals surface area contributed by atoms with Gasteiger partial charge in [-0.2, -0.15) is 0 Å². The summed E-state index contributed by atoms with van der Waals surface area (Å²) in [5.74, 6) is 0. The Morgan fingerprint density at radius 3 is 2.29 bits per heavy atom. The summed E-state index contributed by atoms with van der Waals surface area (Å²) in [5, 5.41) is 0. The molecule has 1 rings (SSSR count). The number of hydrogen-bond donors (Lipinski definition) is 1. The molecule has 0 saturated heterocycles. The van der Waals surface area contributed by atoms with Crippen LogP contribution < -0.4 is 34.3 Å². The van der Waals surface area contributed by atoms with E-state index in [1.807, 2.05) is 11.6 Å². The maximum absolute atomic E-state index is 10.4. The minimum absolute atomic E-state index is 0. The average Bonchev–Trinajstić information content (AvgIpc) is 1.93. The van der Waals surface area contributed by atoms with Gasteiger partial charge in [-0.25, -0.2) is 8.42 Å². The van der Waals surface area contributed by atoms with Crippen LogP contribution in [0.1, 0.15) is 11.1 Å². The van der Waals surface area contributed by atoms with Gasteiger partial charge < -0.3 is 4.55 Å². The van der Waals surface area contributed by atoms with Gasteiger partial charge in [0.2, 0.25) is 0 Å². The van der Waals surface area contributed by atoms with Crippen LogP contribution in [-0.4, -0.2) is 13.0 Å². The van der Waals surface area contributed by atoms with Gasteiger partial charge in [-0.3, -0.25) is 4.72 Å². The molecule has 0 amide bonds. The first-order valence-corrected chi connectivity index (χ1v) is 5.10. The first kappa shape index (κ1) is 13.9. The van der Waals surface area contributed by atoms with Crippen molar-refractivity contribution in [2.24, 2.45) is 0 Å². The second-order valence-electron chi connectivity index (χ2n) is 2.87. The zero-order valence-corrected chi connectivity index (χ0v) is 11.2. The summed E-state index contributed by atoms with van der Waals surface area (Å²) in [4.78, 5) is 0. The van der Waals surface area contributed by atoms with Crippen molar-refractivity contribution in [1.82, 2.24) is 0 Å². The summed E-state index contributed by atoms with van der Waals surface area (Å²) < 4.78 is 33.0. The van der Waals surface area contributed by atoms with E-state index in [4.69, 9.17) is 0 Å². The van der Waals surface area contributed by atoms with Crippen molar-refractivity contribution in [3.05, 3.63) is 29.3 Å². The van der Waals surface area contributed by atoms with E-state index in [0.29, 0.717) is 5.69 Å². The molecule has 1 N–H and O–H groups in total. The molecule has 14 heavy (non-hydrogen) atoms. The quantitative estimate of drug-likeness (QED) is 0.474. The first-order chi connectivity index (χ1) is 5.88. The van der Waals surface area contributed by atoms with Crippen LogP contribution in [0, 0.1) is 13.8 Å². The molecule has 6 heteroatoms. The van der Waals surface area contributed by atoms with E-state index in [1.165, 1.54) is 0 Å². The molecule has 4 nitrogen and oxygen atoms in total. The van der Waals surface area contributed by atoms with Crippen LogP contribution >= 0.6 is 0 Å². The molecule has 0 aliphatic heterocycles. The molecular weight excluding hydrogens is 213 g/mol. The van der Waals surface area contributed by atoms with Crippen LogP contribution in [0.15, 0.2) is 18.2 Å². The third-order valence-corrected chi connectivity index (χ3v) is 2.09. The first-order valence-electron chi connectivity index (χ1n) is 3.69. The molecule has 0 heterocycles. The van der Waals surface area contributed by atoms with Crippen molar-refractivity contribution in [3.63, 3.8) is 0 Å². The molecule has 1 aromatic rings. The largest absolute Gasteiger partial charge is 1.00 e. The minimum Gasteiger partial charge on any atom is -0.731 e. The van der Waals surface area contributed by atoms with Crippen molar-refractivity contribution in [2.75, 3.05) is 4.72 Å². The smallest absolute Gasteiger partial charge is 0.731 e. The van der Waals surface area contributed by atoms with E-state index < -0.39 is 10.3 Å².